The average molecular weight is 367 g/mol. The average Bonchev–Trinajstić information content (AvgIpc) is 2.97. The summed E-state index contributed by atoms with van der Waals surface area (Å²) < 4.78 is 29.5. The van der Waals surface area contributed by atoms with Crippen LogP contribution in [0.15, 0.2) is 29.6 Å². The van der Waals surface area contributed by atoms with Crippen molar-refractivity contribution in [3.05, 3.63) is 35.2 Å². The van der Waals surface area contributed by atoms with E-state index in [1.54, 1.807) is 30.1 Å². The molecule has 2 aromatic rings. The van der Waals surface area contributed by atoms with E-state index in [4.69, 9.17) is 0 Å². The molecule has 24 heavy (non-hydrogen) atoms. The molecular formula is C16H21N3O3S2. The van der Waals surface area contributed by atoms with Crippen LogP contribution in [0.25, 0.3) is 10.1 Å². The zero-order valence-corrected chi connectivity index (χ0v) is 15.4. The molecule has 0 radical (unpaired) electrons. The molecule has 1 fully saturated rings. The van der Waals surface area contributed by atoms with Crippen molar-refractivity contribution in [3.63, 3.8) is 0 Å². The highest BCUT2D eigenvalue weighted by Gasteiger charge is 2.30. The highest BCUT2D eigenvalue weighted by atomic mass is 32.2. The molecule has 1 aromatic carbocycles. The number of amides is 1. The van der Waals surface area contributed by atoms with Crippen LogP contribution in [0.5, 0.6) is 0 Å². The molecule has 1 aliphatic rings. The van der Waals surface area contributed by atoms with Gasteiger partial charge in [0.2, 0.25) is 0 Å². The lowest BCUT2D eigenvalue weighted by Crippen LogP contribution is -2.54. The Bertz CT molecular complexity index is 837. The first-order chi connectivity index (χ1) is 11.4. The second-order valence-electron chi connectivity index (χ2n) is 6.11. The van der Waals surface area contributed by atoms with Gasteiger partial charge in [-0.1, -0.05) is 18.2 Å². The molecule has 2 heterocycles. The number of carbonyl (C=O) groups excluding carboxylic acids is 1. The van der Waals surface area contributed by atoms with Crippen LogP contribution in [-0.2, 0) is 10.2 Å². The number of fused-ring (bicyclic) bond motifs is 1. The standard InChI is InChI=1S/C16H21N3O3S2/c1-12(2)17-24(21,22)19-9-7-18(8-10-19)16(20)14-11-23-15-6-4-3-5-13(14)15/h3-6,11-12,17H,7-10H2,1-2H3. The van der Waals surface area contributed by atoms with E-state index < -0.39 is 10.2 Å². The van der Waals surface area contributed by atoms with E-state index >= 15 is 0 Å². The van der Waals surface area contributed by atoms with Crippen molar-refractivity contribution in [1.29, 1.82) is 0 Å². The summed E-state index contributed by atoms with van der Waals surface area (Å²) in [5.41, 5.74) is 0.701. The Morgan fingerprint density at radius 2 is 1.83 bits per heavy atom. The van der Waals surface area contributed by atoms with Crippen molar-refractivity contribution in [3.8, 4) is 0 Å². The summed E-state index contributed by atoms with van der Waals surface area (Å²) >= 11 is 1.55. The molecule has 0 aliphatic carbocycles. The lowest BCUT2D eigenvalue weighted by molar-refractivity contribution is 0.0699. The highest BCUT2D eigenvalue weighted by Crippen LogP contribution is 2.27. The summed E-state index contributed by atoms with van der Waals surface area (Å²) in [6, 6.07) is 7.68. The molecular weight excluding hydrogens is 346 g/mol. The molecule has 0 unspecified atom stereocenters. The minimum atomic E-state index is -3.47. The summed E-state index contributed by atoms with van der Waals surface area (Å²) in [7, 11) is -3.47. The van der Waals surface area contributed by atoms with Crippen LogP contribution in [0, 0.1) is 0 Å². The summed E-state index contributed by atoms with van der Waals surface area (Å²) in [4.78, 5) is 14.5. The number of benzene rings is 1. The third-order valence-corrected chi connectivity index (χ3v) is 6.74. The fourth-order valence-corrected chi connectivity index (χ4v) is 5.14. The Labute approximate surface area is 146 Å². The predicted octanol–water partition coefficient (Wildman–Crippen LogP) is 1.90. The minimum Gasteiger partial charge on any atom is -0.336 e. The zero-order valence-electron chi connectivity index (χ0n) is 13.7. The van der Waals surface area contributed by atoms with E-state index in [0.29, 0.717) is 31.7 Å². The number of hydrogen-bond donors (Lipinski definition) is 1. The predicted molar refractivity (Wildman–Crippen MR) is 96.5 cm³/mol. The van der Waals surface area contributed by atoms with Crippen molar-refractivity contribution in [2.75, 3.05) is 26.2 Å². The molecule has 130 valence electrons. The van der Waals surface area contributed by atoms with Crippen LogP contribution in [0.1, 0.15) is 24.2 Å². The normalized spacial score (nSPS) is 16.9. The van der Waals surface area contributed by atoms with Gasteiger partial charge in [0, 0.05) is 47.7 Å². The van der Waals surface area contributed by atoms with Crippen LogP contribution in [0.4, 0.5) is 0 Å². The summed E-state index contributed by atoms with van der Waals surface area (Å²) in [5.74, 6) is -0.0266. The van der Waals surface area contributed by atoms with Gasteiger partial charge in [0.15, 0.2) is 0 Å². The van der Waals surface area contributed by atoms with Gasteiger partial charge in [-0.05, 0) is 19.9 Å². The first kappa shape index (κ1) is 17.3. The van der Waals surface area contributed by atoms with E-state index in [-0.39, 0.29) is 11.9 Å². The first-order valence-electron chi connectivity index (χ1n) is 7.91. The van der Waals surface area contributed by atoms with Gasteiger partial charge in [-0.25, -0.2) is 0 Å². The third-order valence-electron chi connectivity index (χ3n) is 3.96. The van der Waals surface area contributed by atoms with Crippen LogP contribution in [-0.4, -0.2) is 55.8 Å². The number of nitrogens with zero attached hydrogens (tertiary/aromatic N) is 2. The smallest absolute Gasteiger partial charge is 0.279 e. The topological polar surface area (TPSA) is 69.7 Å². The minimum absolute atomic E-state index is 0.0266. The quantitative estimate of drug-likeness (QED) is 0.897. The maximum atomic E-state index is 12.8. The van der Waals surface area contributed by atoms with E-state index in [1.807, 2.05) is 29.6 Å². The van der Waals surface area contributed by atoms with Crippen LogP contribution in [0.3, 0.4) is 0 Å². The van der Waals surface area contributed by atoms with E-state index in [2.05, 4.69) is 4.72 Å². The van der Waals surface area contributed by atoms with Gasteiger partial charge >= 0.3 is 0 Å². The monoisotopic (exact) mass is 367 g/mol. The molecule has 0 spiro atoms. The molecule has 1 saturated heterocycles. The molecule has 3 rings (SSSR count). The summed E-state index contributed by atoms with van der Waals surface area (Å²) in [6.45, 7) is 5.02. The molecule has 1 aliphatic heterocycles. The van der Waals surface area contributed by atoms with E-state index in [1.165, 1.54) is 4.31 Å². The molecule has 1 amide bonds. The number of thiophene rings is 1. The Morgan fingerprint density at radius 1 is 1.17 bits per heavy atom. The van der Waals surface area contributed by atoms with Crippen LogP contribution >= 0.6 is 11.3 Å². The number of hydrogen-bond acceptors (Lipinski definition) is 4. The van der Waals surface area contributed by atoms with Gasteiger partial charge in [0.25, 0.3) is 16.1 Å². The fraction of sp³-hybridized carbons (Fsp3) is 0.438. The zero-order chi connectivity index (χ0) is 17.3. The van der Waals surface area contributed by atoms with Gasteiger partial charge in [-0.15, -0.1) is 11.3 Å². The Balaban J connectivity index is 1.70. The lowest BCUT2D eigenvalue weighted by atomic mass is 10.1. The molecule has 6 nitrogen and oxygen atoms in total. The maximum absolute atomic E-state index is 12.8. The maximum Gasteiger partial charge on any atom is 0.279 e. The molecule has 1 N–H and O–H groups in total. The SMILES string of the molecule is CC(C)NS(=O)(=O)N1CCN(C(=O)c2csc3ccccc23)CC1. The van der Waals surface area contributed by atoms with E-state index in [0.717, 1.165) is 10.1 Å². The van der Waals surface area contributed by atoms with Crippen molar-refractivity contribution < 1.29 is 13.2 Å². The van der Waals surface area contributed by atoms with E-state index in [9.17, 15) is 13.2 Å². The van der Waals surface area contributed by atoms with Gasteiger partial charge in [0.05, 0.1) is 5.56 Å². The number of carbonyl (C=O) groups is 1. The van der Waals surface area contributed by atoms with Crippen molar-refractivity contribution in [2.24, 2.45) is 0 Å². The largest absolute Gasteiger partial charge is 0.336 e. The van der Waals surface area contributed by atoms with Gasteiger partial charge in [-0.2, -0.15) is 17.4 Å². The van der Waals surface area contributed by atoms with Gasteiger partial charge < -0.3 is 4.90 Å². The fourth-order valence-electron chi connectivity index (χ4n) is 2.82. The number of piperazine rings is 1. The van der Waals surface area contributed by atoms with Crippen LogP contribution < -0.4 is 4.72 Å². The number of nitrogens with one attached hydrogen (secondary N) is 1. The first-order valence-corrected chi connectivity index (χ1v) is 10.2. The highest BCUT2D eigenvalue weighted by molar-refractivity contribution is 7.87. The second-order valence-corrected chi connectivity index (χ2v) is 8.73. The number of rotatable bonds is 4. The summed E-state index contributed by atoms with van der Waals surface area (Å²) in [6.07, 6.45) is 0. The molecule has 1 aromatic heterocycles. The van der Waals surface area contributed by atoms with Crippen molar-refractivity contribution in [1.82, 2.24) is 13.9 Å². The van der Waals surface area contributed by atoms with Crippen molar-refractivity contribution in [2.45, 2.75) is 19.9 Å². The second kappa shape index (κ2) is 6.79. The molecule has 8 heteroatoms. The lowest BCUT2D eigenvalue weighted by Gasteiger charge is -2.34. The third kappa shape index (κ3) is 3.46. The Morgan fingerprint density at radius 3 is 2.50 bits per heavy atom. The Hall–Kier alpha value is -1.48. The summed E-state index contributed by atoms with van der Waals surface area (Å²) in [5, 5.41) is 2.85. The van der Waals surface area contributed by atoms with Gasteiger partial charge in [-0.3, -0.25) is 4.79 Å². The molecule has 0 saturated carbocycles. The van der Waals surface area contributed by atoms with Crippen LogP contribution in [0.2, 0.25) is 0 Å². The molecule has 0 bridgehead atoms. The Kier molecular flexibility index (Phi) is 4.91. The van der Waals surface area contributed by atoms with Gasteiger partial charge in [0.1, 0.15) is 0 Å². The van der Waals surface area contributed by atoms with Crippen molar-refractivity contribution >= 4 is 37.5 Å². The molecule has 0 atom stereocenters.